The fourth-order valence-electron chi connectivity index (χ4n) is 0.136. The van der Waals surface area contributed by atoms with Crippen LogP contribution in [0.25, 0.3) is 0 Å². The molecule has 0 aromatic carbocycles. The van der Waals surface area contributed by atoms with Gasteiger partial charge in [0.2, 0.25) is 0 Å². The zero-order chi connectivity index (χ0) is 3.54. The van der Waals surface area contributed by atoms with Crippen molar-refractivity contribution in [2.24, 2.45) is 0 Å². The third-order valence-corrected chi connectivity index (χ3v) is 0.283. The van der Waals surface area contributed by atoms with Crippen LogP contribution in [0.3, 0.4) is 0 Å². The molecule has 5 heavy (non-hydrogen) atoms. The topological polar surface area (TPSA) is 38.9 Å². The van der Waals surface area contributed by atoms with Crippen LogP contribution in [0.2, 0.25) is 0 Å². The fourth-order valence-corrected chi connectivity index (χ4v) is 0.136. The molecule has 0 fully saturated rings. The van der Waals surface area contributed by atoms with Crippen molar-refractivity contribution >= 4 is 0 Å². The number of hydrogen-bond donors (Lipinski definition) is 0. The Morgan fingerprint density at radius 2 is 2.80 bits per heavy atom. The third kappa shape index (κ3) is 0.238. The number of hydrogen-bond acceptors (Lipinski definition) is 3. The summed E-state index contributed by atoms with van der Waals surface area (Å²) in [4.78, 5) is 0. The lowest BCUT2D eigenvalue weighted by molar-refractivity contribution is 0.393. The molecule has 0 bridgehead atoms. The maximum absolute atomic E-state index is 4.22. The molecule has 1 aromatic heterocycles. The average molecular weight is 71.1 g/mol. The molecule has 3 nitrogen and oxygen atoms in total. The molecule has 1 heterocycles. The molecule has 0 unspecified atom stereocenters. The molecule has 0 aliphatic carbocycles. The maximum atomic E-state index is 4.22. The largest absolute Gasteiger partial charge is 1.00 e. The van der Waals surface area contributed by atoms with Crippen molar-refractivity contribution in [1.82, 2.24) is 10.4 Å². The van der Waals surface area contributed by atoms with E-state index in [0.717, 1.165) is 0 Å². The highest BCUT2D eigenvalue weighted by Gasteiger charge is 1.61. The normalized spacial score (nSPS) is 8.00. The predicted molar refractivity (Wildman–Crippen MR) is 15.4 cm³/mol. The van der Waals surface area contributed by atoms with E-state index in [4.69, 9.17) is 0 Å². The van der Waals surface area contributed by atoms with Crippen molar-refractivity contribution in [1.29, 1.82) is 0 Å². The van der Waals surface area contributed by atoms with Crippen LogP contribution in [0.15, 0.2) is 17.0 Å². The molecule has 1 aromatic rings. The summed E-state index contributed by atoms with van der Waals surface area (Å²) in [6.45, 7) is 0. The van der Waals surface area contributed by atoms with Crippen LogP contribution in [0.1, 0.15) is 1.43 Å². The molecule has 0 aliphatic rings. The summed E-state index contributed by atoms with van der Waals surface area (Å²) in [5.41, 5.74) is 0. The van der Waals surface area contributed by atoms with Gasteiger partial charge in [-0.25, -0.2) is 0 Å². The Kier molecular flexibility index (Phi) is 0.400. The molecule has 26 valence electrons. The predicted octanol–water partition coefficient (Wildman–Crippen LogP) is 0.182. The third-order valence-electron chi connectivity index (χ3n) is 0.283. The van der Waals surface area contributed by atoms with Crippen molar-refractivity contribution < 1.29 is 5.95 Å². The van der Waals surface area contributed by atoms with Gasteiger partial charge in [0.1, 0.15) is 6.26 Å². The highest BCUT2D eigenvalue weighted by atomic mass is 16.5. The summed E-state index contributed by atoms with van der Waals surface area (Å²) in [7, 11) is 0. The van der Waals surface area contributed by atoms with Gasteiger partial charge in [0, 0.05) is 5.27 Å². The van der Waals surface area contributed by atoms with Crippen LogP contribution in [-0.4, -0.2) is 10.4 Å². The van der Waals surface area contributed by atoms with E-state index in [1.165, 1.54) is 12.5 Å². The van der Waals surface area contributed by atoms with Crippen molar-refractivity contribution in [3.63, 3.8) is 0 Å². The Labute approximate surface area is 30.1 Å². The Morgan fingerprint density at radius 1 is 1.80 bits per heavy atom. The van der Waals surface area contributed by atoms with Gasteiger partial charge >= 0.3 is 1.43 Å². The minimum absolute atomic E-state index is 0. The summed E-state index contributed by atoms with van der Waals surface area (Å²) < 4.78 is 4.22. The Morgan fingerprint density at radius 3 is 3.00 bits per heavy atom. The second-order valence-corrected chi connectivity index (χ2v) is 0.588. The van der Waals surface area contributed by atoms with E-state index in [-0.39, 0.29) is 1.43 Å². The van der Waals surface area contributed by atoms with Gasteiger partial charge in [0.25, 0.3) is 0 Å². The minimum Gasteiger partial charge on any atom is -0.346 e. The Hall–Kier alpha value is -0.860. The standard InChI is InChI=1S/C2H2N2O/c1-2-5-4-3-1/h1-2H/p+1. The quantitative estimate of drug-likeness (QED) is 0.438. The molecule has 0 N–H and O–H groups in total. The molecule has 0 atom stereocenters. The van der Waals surface area contributed by atoms with Crippen LogP contribution >= 0.6 is 0 Å². The lowest BCUT2D eigenvalue weighted by Crippen LogP contribution is -1.53. The van der Waals surface area contributed by atoms with E-state index in [2.05, 4.69) is 14.9 Å². The Balaban J connectivity index is 0.000000250. The molecule has 0 aliphatic heterocycles. The van der Waals surface area contributed by atoms with Crippen molar-refractivity contribution in [3.05, 3.63) is 12.5 Å². The fraction of sp³-hybridized carbons (Fsp3) is 0. The van der Waals surface area contributed by atoms with Crippen LogP contribution in [0.4, 0.5) is 0 Å². The van der Waals surface area contributed by atoms with Crippen molar-refractivity contribution in [2.45, 2.75) is 0 Å². The number of nitrogens with zero attached hydrogens (tertiary/aromatic N) is 2. The van der Waals surface area contributed by atoms with Gasteiger partial charge in [-0.3, -0.25) is 0 Å². The van der Waals surface area contributed by atoms with Gasteiger partial charge in [-0.1, -0.05) is 0 Å². The van der Waals surface area contributed by atoms with E-state index in [1.54, 1.807) is 0 Å². The van der Waals surface area contributed by atoms with E-state index >= 15 is 0 Å². The lowest BCUT2D eigenvalue weighted by Gasteiger charge is -1.45. The average Bonchev–Trinajstić information content (AvgIpc) is 1.76. The van der Waals surface area contributed by atoms with E-state index < -0.39 is 0 Å². The first-order chi connectivity index (χ1) is 2.50. The summed E-state index contributed by atoms with van der Waals surface area (Å²) >= 11 is 0. The zero-order valence-corrected chi connectivity index (χ0v) is 2.46. The first-order valence-corrected chi connectivity index (χ1v) is 1.21. The number of aromatic nitrogens is 2. The summed E-state index contributed by atoms with van der Waals surface area (Å²) in [5.74, 6) is 0. The lowest BCUT2D eigenvalue weighted by atomic mass is 11.0. The van der Waals surface area contributed by atoms with Crippen LogP contribution in [0, 0.1) is 0 Å². The summed E-state index contributed by atoms with van der Waals surface area (Å²) in [5, 5.41) is 6.40. The van der Waals surface area contributed by atoms with Gasteiger partial charge in [-0.15, -0.1) is 5.10 Å². The molecule has 0 saturated carbocycles. The summed E-state index contributed by atoms with van der Waals surface area (Å²) in [6.07, 6.45) is 2.88. The second kappa shape index (κ2) is 0.839. The number of rotatable bonds is 0. The van der Waals surface area contributed by atoms with Crippen LogP contribution in [0.5, 0.6) is 0 Å². The van der Waals surface area contributed by atoms with Gasteiger partial charge in [0.15, 0.2) is 0 Å². The SMILES string of the molecule is [H+].c1conn1. The molecule has 1 rings (SSSR count). The van der Waals surface area contributed by atoms with Gasteiger partial charge in [-0.05, 0) is 0 Å². The Bertz CT molecular complexity index is 68.0. The second-order valence-electron chi connectivity index (χ2n) is 0.588. The van der Waals surface area contributed by atoms with Gasteiger partial charge < -0.3 is 4.52 Å². The highest BCUT2D eigenvalue weighted by Crippen LogP contribution is 1.64. The van der Waals surface area contributed by atoms with Crippen molar-refractivity contribution in [2.75, 3.05) is 0 Å². The first kappa shape index (κ1) is 2.38. The molecular weight excluding hydrogens is 68.0 g/mol. The zero-order valence-electron chi connectivity index (χ0n) is 3.46. The molecule has 3 heteroatoms. The smallest absolute Gasteiger partial charge is 0.346 e. The van der Waals surface area contributed by atoms with Crippen LogP contribution < -0.4 is 0 Å². The summed E-state index contributed by atoms with van der Waals surface area (Å²) in [6, 6.07) is 0. The molecule has 0 spiro atoms. The minimum atomic E-state index is 0. The van der Waals surface area contributed by atoms with Gasteiger partial charge in [0.05, 0.1) is 6.20 Å². The van der Waals surface area contributed by atoms with Gasteiger partial charge in [-0.2, -0.15) is 0 Å². The van der Waals surface area contributed by atoms with E-state index in [1.807, 2.05) is 0 Å². The molecule has 0 radical (unpaired) electrons. The molecule has 0 amide bonds. The van der Waals surface area contributed by atoms with Crippen LogP contribution in [-0.2, 0) is 0 Å². The van der Waals surface area contributed by atoms with E-state index in [0.29, 0.717) is 0 Å². The molecular formula is C2H3N2O+. The monoisotopic (exact) mass is 71.0 g/mol. The van der Waals surface area contributed by atoms with E-state index in [9.17, 15) is 0 Å². The molecule has 0 saturated heterocycles. The highest BCUT2D eigenvalue weighted by molar-refractivity contribution is 4.48. The first-order valence-electron chi connectivity index (χ1n) is 1.21. The maximum Gasteiger partial charge on any atom is 1.00 e. The van der Waals surface area contributed by atoms with Crippen molar-refractivity contribution in [3.8, 4) is 0 Å².